The van der Waals surface area contributed by atoms with Crippen molar-refractivity contribution < 1.29 is 17.6 Å². The molecule has 9 heteroatoms. The molecule has 0 radical (unpaired) electrons. The second-order valence-electron chi connectivity index (χ2n) is 4.36. The number of primary sulfonamides is 1. The predicted molar refractivity (Wildman–Crippen MR) is 76.8 cm³/mol. The van der Waals surface area contributed by atoms with Crippen molar-refractivity contribution in [3.05, 3.63) is 40.6 Å². The summed E-state index contributed by atoms with van der Waals surface area (Å²) in [7, 11) is -3.87. The number of aromatic nitrogens is 1. The van der Waals surface area contributed by atoms with Gasteiger partial charge in [0.2, 0.25) is 15.8 Å². The van der Waals surface area contributed by atoms with Gasteiger partial charge >= 0.3 is 0 Å². The Labute approximate surface area is 126 Å². The smallest absolute Gasteiger partial charge is 0.293 e. The Hall–Kier alpha value is -1.90. The fourth-order valence-corrected chi connectivity index (χ4v) is 2.73. The highest BCUT2D eigenvalue weighted by atomic mass is 35.5. The van der Waals surface area contributed by atoms with Crippen LogP contribution in [0.3, 0.4) is 0 Å². The summed E-state index contributed by atoms with van der Waals surface area (Å²) in [5, 5.41) is 7.67. The fraction of sp³-hybridized carbons (Fsp3) is 0.167. The second kappa shape index (κ2) is 5.47. The van der Waals surface area contributed by atoms with Gasteiger partial charge in [-0.1, -0.05) is 11.6 Å². The second-order valence-corrected chi connectivity index (χ2v) is 6.33. The third-order valence-corrected chi connectivity index (χ3v) is 3.97. The number of nitrogens with one attached hydrogen (secondary N) is 1. The minimum absolute atomic E-state index is 0.0565. The fourth-order valence-electron chi connectivity index (χ4n) is 1.73. The summed E-state index contributed by atoms with van der Waals surface area (Å²) in [5.41, 5.74) is 1.17. The molecule has 21 heavy (non-hydrogen) atoms. The number of anilines is 1. The first-order valence-electron chi connectivity index (χ1n) is 5.74. The first-order chi connectivity index (χ1) is 9.70. The minimum atomic E-state index is -3.87. The monoisotopic (exact) mass is 329 g/mol. The van der Waals surface area contributed by atoms with Crippen molar-refractivity contribution in [3.63, 3.8) is 0 Å². The zero-order chi connectivity index (χ0) is 15.8. The molecule has 0 aliphatic heterocycles. The number of aryl methyl sites for hydroxylation is 2. The third kappa shape index (κ3) is 3.23. The summed E-state index contributed by atoms with van der Waals surface area (Å²) in [6, 6.07) is 2.50. The van der Waals surface area contributed by atoms with Gasteiger partial charge in [0.25, 0.3) is 5.91 Å². The van der Waals surface area contributed by atoms with Crippen molar-refractivity contribution in [2.24, 2.45) is 5.14 Å². The van der Waals surface area contributed by atoms with Gasteiger partial charge in [-0.05, 0) is 31.5 Å². The average Bonchev–Trinajstić information content (AvgIpc) is 2.78. The van der Waals surface area contributed by atoms with E-state index in [-0.39, 0.29) is 21.4 Å². The summed E-state index contributed by atoms with van der Waals surface area (Å²) < 4.78 is 27.6. The van der Waals surface area contributed by atoms with Gasteiger partial charge in [0.1, 0.15) is 0 Å². The number of carbonyl (C=O) groups excluding carboxylic acids is 1. The van der Waals surface area contributed by atoms with Crippen LogP contribution in [0.4, 0.5) is 5.69 Å². The molecule has 0 atom stereocenters. The molecular weight excluding hydrogens is 318 g/mol. The van der Waals surface area contributed by atoms with Gasteiger partial charge in [0.05, 0.1) is 21.3 Å². The van der Waals surface area contributed by atoms with Crippen LogP contribution in [-0.4, -0.2) is 19.3 Å². The lowest BCUT2D eigenvalue weighted by Crippen LogP contribution is -2.16. The molecule has 0 fully saturated rings. The summed E-state index contributed by atoms with van der Waals surface area (Å²) in [5.74, 6) is -0.473. The molecule has 1 aromatic heterocycles. The quantitative estimate of drug-likeness (QED) is 0.891. The number of nitrogens with zero attached hydrogens (tertiary/aromatic N) is 1. The maximum atomic E-state index is 12.0. The SMILES string of the molecule is Cc1cc(S(N)(=O)=O)cc(Cl)c1NC(=O)c1ocnc1C. The van der Waals surface area contributed by atoms with Crippen LogP contribution in [0.15, 0.2) is 27.8 Å². The van der Waals surface area contributed by atoms with E-state index in [1.165, 1.54) is 12.1 Å². The van der Waals surface area contributed by atoms with E-state index in [9.17, 15) is 13.2 Å². The van der Waals surface area contributed by atoms with Crippen LogP contribution in [0.1, 0.15) is 21.8 Å². The van der Waals surface area contributed by atoms with Crippen LogP contribution in [0.25, 0.3) is 0 Å². The Balaban J connectivity index is 2.38. The molecule has 2 rings (SSSR count). The molecule has 1 aromatic carbocycles. The molecule has 1 heterocycles. The highest BCUT2D eigenvalue weighted by Crippen LogP contribution is 2.29. The molecule has 0 saturated carbocycles. The van der Waals surface area contributed by atoms with E-state index >= 15 is 0 Å². The lowest BCUT2D eigenvalue weighted by Gasteiger charge is -2.11. The molecule has 7 nitrogen and oxygen atoms in total. The molecule has 0 saturated heterocycles. The van der Waals surface area contributed by atoms with E-state index in [0.717, 1.165) is 6.39 Å². The maximum Gasteiger partial charge on any atom is 0.293 e. The summed E-state index contributed by atoms with van der Waals surface area (Å²) in [6.45, 7) is 3.22. The Morgan fingerprint density at radius 2 is 2.05 bits per heavy atom. The zero-order valence-corrected chi connectivity index (χ0v) is 12.7. The number of hydrogen-bond acceptors (Lipinski definition) is 5. The maximum absolute atomic E-state index is 12.0. The van der Waals surface area contributed by atoms with Crippen LogP contribution in [0.5, 0.6) is 0 Å². The Morgan fingerprint density at radius 1 is 1.38 bits per heavy atom. The van der Waals surface area contributed by atoms with E-state index in [4.69, 9.17) is 21.2 Å². The topological polar surface area (TPSA) is 115 Å². The molecule has 0 aliphatic rings. The Morgan fingerprint density at radius 3 is 2.52 bits per heavy atom. The minimum Gasteiger partial charge on any atom is -0.438 e. The van der Waals surface area contributed by atoms with E-state index < -0.39 is 15.9 Å². The molecule has 112 valence electrons. The van der Waals surface area contributed by atoms with E-state index in [1.54, 1.807) is 13.8 Å². The van der Waals surface area contributed by atoms with Gasteiger partial charge in [-0.15, -0.1) is 0 Å². The average molecular weight is 330 g/mol. The number of hydrogen-bond donors (Lipinski definition) is 2. The van der Waals surface area contributed by atoms with Gasteiger partial charge in [0.15, 0.2) is 6.39 Å². The van der Waals surface area contributed by atoms with E-state index in [0.29, 0.717) is 11.3 Å². The van der Waals surface area contributed by atoms with Gasteiger partial charge in [-0.25, -0.2) is 18.5 Å². The van der Waals surface area contributed by atoms with Crippen molar-refractivity contribution in [3.8, 4) is 0 Å². The molecule has 2 aromatic rings. The van der Waals surface area contributed by atoms with Crippen LogP contribution < -0.4 is 10.5 Å². The summed E-state index contributed by atoms with van der Waals surface area (Å²) in [4.78, 5) is 15.7. The predicted octanol–water partition coefficient (Wildman–Crippen LogP) is 1.84. The molecule has 0 bridgehead atoms. The number of oxazole rings is 1. The van der Waals surface area contributed by atoms with Crippen LogP contribution in [-0.2, 0) is 10.0 Å². The number of carbonyl (C=O) groups is 1. The Kier molecular flexibility index (Phi) is 4.04. The molecule has 0 aliphatic carbocycles. The molecular formula is C12H12ClN3O4S. The molecule has 0 spiro atoms. The number of nitrogens with two attached hydrogens (primary N) is 1. The lowest BCUT2D eigenvalue weighted by molar-refractivity contribution is 0.0995. The zero-order valence-electron chi connectivity index (χ0n) is 11.2. The van der Waals surface area contributed by atoms with Crippen LogP contribution in [0.2, 0.25) is 5.02 Å². The molecule has 0 unspecified atom stereocenters. The highest BCUT2D eigenvalue weighted by molar-refractivity contribution is 7.89. The number of benzene rings is 1. The van der Waals surface area contributed by atoms with E-state index in [2.05, 4.69) is 10.3 Å². The van der Waals surface area contributed by atoms with Gasteiger partial charge in [-0.3, -0.25) is 4.79 Å². The first kappa shape index (κ1) is 15.5. The number of rotatable bonds is 3. The lowest BCUT2D eigenvalue weighted by atomic mass is 10.2. The normalized spacial score (nSPS) is 11.4. The van der Waals surface area contributed by atoms with Crippen molar-refractivity contribution in [1.29, 1.82) is 0 Å². The molecule has 1 amide bonds. The van der Waals surface area contributed by atoms with Gasteiger partial charge in [-0.2, -0.15) is 0 Å². The van der Waals surface area contributed by atoms with Crippen molar-refractivity contribution in [1.82, 2.24) is 4.98 Å². The first-order valence-corrected chi connectivity index (χ1v) is 7.67. The summed E-state index contributed by atoms with van der Waals surface area (Å²) >= 11 is 6.01. The van der Waals surface area contributed by atoms with E-state index in [1.807, 2.05) is 0 Å². The molecule has 3 N–H and O–H groups in total. The third-order valence-electron chi connectivity index (χ3n) is 2.78. The van der Waals surface area contributed by atoms with Crippen LogP contribution in [0, 0.1) is 13.8 Å². The van der Waals surface area contributed by atoms with Crippen molar-refractivity contribution >= 4 is 33.2 Å². The van der Waals surface area contributed by atoms with Crippen molar-refractivity contribution in [2.75, 3.05) is 5.32 Å². The number of sulfonamides is 1. The van der Waals surface area contributed by atoms with Crippen LogP contribution >= 0.6 is 11.6 Å². The van der Waals surface area contributed by atoms with Crippen molar-refractivity contribution in [2.45, 2.75) is 18.7 Å². The summed E-state index contributed by atoms with van der Waals surface area (Å²) in [6.07, 6.45) is 1.16. The number of amides is 1. The Bertz CT molecular complexity index is 791. The van der Waals surface area contributed by atoms with Gasteiger partial charge < -0.3 is 9.73 Å². The standard InChI is InChI=1S/C12H12ClN3O4S/c1-6-3-8(21(14,18)19)4-9(13)10(6)16-12(17)11-7(2)15-5-20-11/h3-5H,1-2H3,(H,16,17)(H2,14,18,19). The highest BCUT2D eigenvalue weighted by Gasteiger charge is 2.19. The largest absolute Gasteiger partial charge is 0.438 e. The van der Waals surface area contributed by atoms with Gasteiger partial charge in [0, 0.05) is 0 Å². The number of halogens is 1.